The number of aryl methyl sites for hydroxylation is 2. The first-order valence-corrected chi connectivity index (χ1v) is 7.29. The van der Waals surface area contributed by atoms with Gasteiger partial charge in [0.05, 0.1) is 0 Å². The monoisotopic (exact) mass is 290 g/mol. The minimum absolute atomic E-state index is 0.793. The Kier molecular flexibility index (Phi) is 4.10. The van der Waals surface area contributed by atoms with Crippen molar-refractivity contribution in [3.63, 3.8) is 0 Å². The molecule has 110 valence electrons. The van der Waals surface area contributed by atoms with Gasteiger partial charge in [0, 0.05) is 0 Å². The molecule has 0 bridgehead atoms. The standard InChI is InChI=1S/C20H18O2/c1-15-7-9-17(10-8-15)21-18-11-13-19(14-12-18)22-20-6-4-3-5-16(20)2/h3-14H,1-2H3. The van der Waals surface area contributed by atoms with E-state index in [0.717, 1.165) is 28.6 Å². The summed E-state index contributed by atoms with van der Waals surface area (Å²) in [5.74, 6) is 3.29. The van der Waals surface area contributed by atoms with Crippen LogP contribution in [-0.4, -0.2) is 0 Å². The van der Waals surface area contributed by atoms with Crippen molar-refractivity contribution in [2.24, 2.45) is 0 Å². The van der Waals surface area contributed by atoms with Gasteiger partial charge < -0.3 is 9.47 Å². The van der Waals surface area contributed by atoms with Gasteiger partial charge in [-0.3, -0.25) is 0 Å². The van der Waals surface area contributed by atoms with Crippen LogP contribution >= 0.6 is 0 Å². The predicted octanol–water partition coefficient (Wildman–Crippen LogP) is 5.89. The van der Waals surface area contributed by atoms with Gasteiger partial charge >= 0.3 is 0 Å². The Hall–Kier alpha value is -2.74. The van der Waals surface area contributed by atoms with Crippen molar-refractivity contribution in [1.29, 1.82) is 0 Å². The van der Waals surface area contributed by atoms with Crippen molar-refractivity contribution in [1.82, 2.24) is 0 Å². The van der Waals surface area contributed by atoms with Gasteiger partial charge in [0.15, 0.2) is 0 Å². The zero-order valence-electron chi connectivity index (χ0n) is 12.7. The second-order valence-corrected chi connectivity index (χ2v) is 5.25. The van der Waals surface area contributed by atoms with Gasteiger partial charge in [-0.15, -0.1) is 0 Å². The highest BCUT2D eigenvalue weighted by molar-refractivity contribution is 5.40. The Bertz CT molecular complexity index is 743. The fourth-order valence-electron chi connectivity index (χ4n) is 2.12. The molecule has 0 radical (unpaired) electrons. The van der Waals surface area contributed by atoms with Crippen molar-refractivity contribution in [3.05, 3.63) is 83.9 Å². The minimum Gasteiger partial charge on any atom is -0.457 e. The molecule has 0 aliphatic heterocycles. The Morgan fingerprint density at radius 2 is 1.05 bits per heavy atom. The van der Waals surface area contributed by atoms with Crippen molar-refractivity contribution in [3.8, 4) is 23.0 Å². The fourth-order valence-corrected chi connectivity index (χ4v) is 2.12. The number of rotatable bonds is 4. The third-order valence-electron chi connectivity index (χ3n) is 3.40. The molecule has 0 aromatic heterocycles. The van der Waals surface area contributed by atoms with Gasteiger partial charge in [-0.1, -0.05) is 35.9 Å². The summed E-state index contributed by atoms with van der Waals surface area (Å²) in [5, 5.41) is 0. The number of hydrogen-bond acceptors (Lipinski definition) is 2. The van der Waals surface area contributed by atoms with Crippen LogP contribution in [0, 0.1) is 13.8 Å². The summed E-state index contributed by atoms with van der Waals surface area (Å²) in [6.07, 6.45) is 0. The van der Waals surface area contributed by atoms with Gasteiger partial charge in [0.25, 0.3) is 0 Å². The van der Waals surface area contributed by atoms with E-state index in [-0.39, 0.29) is 0 Å². The molecule has 0 spiro atoms. The van der Waals surface area contributed by atoms with E-state index in [4.69, 9.17) is 9.47 Å². The molecule has 3 aromatic rings. The lowest BCUT2D eigenvalue weighted by Crippen LogP contribution is -1.88. The second-order valence-electron chi connectivity index (χ2n) is 5.25. The maximum Gasteiger partial charge on any atom is 0.130 e. The third kappa shape index (κ3) is 3.47. The molecule has 2 heteroatoms. The number of benzene rings is 3. The summed E-state index contributed by atoms with van der Waals surface area (Å²) in [5.41, 5.74) is 2.33. The van der Waals surface area contributed by atoms with Gasteiger partial charge in [-0.2, -0.15) is 0 Å². The highest BCUT2D eigenvalue weighted by Crippen LogP contribution is 2.28. The van der Waals surface area contributed by atoms with Crippen LogP contribution in [0.4, 0.5) is 0 Å². The fraction of sp³-hybridized carbons (Fsp3) is 0.100. The van der Waals surface area contributed by atoms with Crippen LogP contribution < -0.4 is 9.47 Å². The van der Waals surface area contributed by atoms with Crippen molar-refractivity contribution in [2.75, 3.05) is 0 Å². The van der Waals surface area contributed by atoms with E-state index in [1.54, 1.807) is 0 Å². The van der Waals surface area contributed by atoms with Crippen LogP contribution in [-0.2, 0) is 0 Å². The molecule has 0 saturated carbocycles. The van der Waals surface area contributed by atoms with Crippen LogP contribution in [0.3, 0.4) is 0 Å². The van der Waals surface area contributed by atoms with Crippen molar-refractivity contribution < 1.29 is 9.47 Å². The second kappa shape index (κ2) is 6.35. The maximum absolute atomic E-state index is 5.87. The van der Waals surface area contributed by atoms with Crippen molar-refractivity contribution in [2.45, 2.75) is 13.8 Å². The van der Waals surface area contributed by atoms with Gasteiger partial charge in [-0.25, -0.2) is 0 Å². The lowest BCUT2D eigenvalue weighted by Gasteiger charge is -2.10. The van der Waals surface area contributed by atoms with E-state index in [1.807, 2.05) is 79.7 Å². The van der Waals surface area contributed by atoms with Crippen LogP contribution in [0.5, 0.6) is 23.0 Å². The third-order valence-corrected chi connectivity index (χ3v) is 3.40. The molecule has 0 atom stereocenters. The van der Waals surface area contributed by atoms with E-state index in [9.17, 15) is 0 Å². The van der Waals surface area contributed by atoms with E-state index >= 15 is 0 Å². The molecule has 0 fully saturated rings. The molecule has 0 unspecified atom stereocenters. The van der Waals surface area contributed by atoms with E-state index < -0.39 is 0 Å². The quantitative estimate of drug-likeness (QED) is 0.596. The van der Waals surface area contributed by atoms with Gasteiger partial charge in [0.1, 0.15) is 23.0 Å². The Morgan fingerprint density at radius 1 is 0.545 bits per heavy atom. The summed E-state index contributed by atoms with van der Waals surface area (Å²) in [4.78, 5) is 0. The summed E-state index contributed by atoms with van der Waals surface area (Å²) in [6, 6.07) is 23.6. The molecule has 22 heavy (non-hydrogen) atoms. The predicted molar refractivity (Wildman–Crippen MR) is 88.9 cm³/mol. The van der Waals surface area contributed by atoms with Crippen LogP contribution in [0.15, 0.2) is 72.8 Å². The molecule has 0 amide bonds. The lowest BCUT2D eigenvalue weighted by atomic mass is 10.2. The number of ether oxygens (including phenoxy) is 2. The average Bonchev–Trinajstić information content (AvgIpc) is 2.54. The first-order valence-electron chi connectivity index (χ1n) is 7.29. The summed E-state index contributed by atoms with van der Waals surface area (Å²) in [7, 11) is 0. The Labute approximate surface area is 131 Å². The molecule has 2 nitrogen and oxygen atoms in total. The largest absolute Gasteiger partial charge is 0.457 e. The molecule has 0 N–H and O–H groups in total. The van der Waals surface area contributed by atoms with Crippen molar-refractivity contribution >= 4 is 0 Å². The zero-order chi connectivity index (χ0) is 15.4. The SMILES string of the molecule is Cc1ccc(Oc2ccc(Oc3ccccc3C)cc2)cc1. The van der Waals surface area contributed by atoms with Gasteiger partial charge in [-0.05, 0) is 61.9 Å². The molecule has 0 aliphatic carbocycles. The van der Waals surface area contributed by atoms with Crippen LogP contribution in [0.2, 0.25) is 0 Å². The van der Waals surface area contributed by atoms with Gasteiger partial charge in [0.2, 0.25) is 0 Å². The smallest absolute Gasteiger partial charge is 0.130 e. The number of hydrogen-bond donors (Lipinski definition) is 0. The van der Waals surface area contributed by atoms with E-state index in [2.05, 4.69) is 6.92 Å². The Balaban J connectivity index is 1.70. The zero-order valence-corrected chi connectivity index (χ0v) is 12.7. The Morgan fingerprint density at radius 3 is 1.64 bits per heavy atom. The average molecular weight is 290 g/mol. The first-order chi connectivity index (χ1) is 10.7. The summed E-state index contributed by atoms with van der Waals surface area (Å²) in [6.45, 7) is 4.09. The molecule has 0 aliphatic rings. The molecular formula is C20H18O2. The molecule has 0 saturated heterocycles. The summed E-state index contributed by atoms with van der Waals surface area (Å²) < 4.78 is 11.7. The molecule has 3 aromatic carbocycles. The highest BCUT2D eigenvalue weighted by Gasteiger charge is 2.02. The topological polar surface area (TPSA) is 18.5 Å². The maximum atomic E-state index is 5.87. The van der Waals surface area contributed by atoms with E-state index in [1.165, 1.54) is 5.56 Å². The number of para-hydroxylation sites is 1. The normalized spacial score (nSPS) is 10.3. The molecule has 0 heterocycles. The van der Waals surface area contributed by atoms with Crippen LogP contribution in [0.1, 0.15) is 11.1 Å². The van der Waals surface area contributed by atoms with Crippen LogP contribution in [0.25, 0.3) is 0 Å². The molecule has 3 rings (SSSR count). The molecular weight excluding hydrogens is 272 g/mol. The lowest BCUT2D eigenvalue weighted by molar-refractivity contribution is 0.467. The first kappa shape index (κ1) is 14.2. The van der Waals surface area contributed by atoms with E-state index in [0.29, 0.717) is 0 Å². The minimum atomic E-state index is 0.793. The highest BCUT2D eigenvalue weighted by atomic mass is 16.5. The summed E-state index contributed by atoms with van der Waals surface area (Å²) >= 11 is 0.